The number of carbonyl (C=O) groups excluding carboxylic acids is 1. The number of benzene rings is 2. The molecule has 5 nitrogen and oxygen atoms in total. The van der Waals surface area contributed by atoms with Gasteiger partial charge in [0.25, 0.3) is 0 Å². The van der Waals surface area contributed by atoms with Crippen LogP contribution in [0.4, 0.5) is 11.4 Å². The summed E-state index contributed by atoms with van der Waals surface area (Å²) in [6.45, 7) is 1.97. The van der Waals surface area contributed by atoms with Crippen LogP contribution in [0.5, 0.6) is 11.5 Å². The summed E-state index contributed by atoms with van der Waals surface area (Å²) in [5.74, 6) is 1.24. The maximum absolute atomic E-state index is 12.3. The first-order valence-corrected chi connectivity index (χ1v) is 7.89. The predicted molar refractivity (Wildman–Crippen MR) is 97.1 cm³/mol. The molecule has 128 valence electrons. The van der Waals surface area contributed by atoms with Crippen LogP contribution in [-0.2, 0) is 4.79 Å². The minimum absolute atomic E-state index is 0.0292. The molecule has 0 spiro atoms. The third-order valence-electron chi connectivity index (χ3n) is 3.73. The van der Waals surface area contributed by atoms with Gasteiger partial charge in [0.2, 0.25) is 5.91 Å². The van der Waals surface area contributed by atoms with Crippen molar-refractivity contribution in [2.75, 3.05) is 25.3 Å². The second-order valence-corrected chi connectivity index (χ2v) is 5.91. The monoisotopic (exact) mass is 348 g/mol. The number of amides is 1. The maximum Gasteiger partial charge on any atom is 0.225 e. The lowest BCUT2D eigenvalue weighted by molar-refractivity contribution is -0.116. The maximum atomic E-state index is 12.3. The fourth-order valence-corrected chi connectivity index (χ4v) is 2.68. The summed E-state index contributed by atoms with van der Waals surface area (Å²) in [5.41, 5.74) is 7.69. The van der Waals surface area contributed by atoms with Gasteiger partial charge < -0.3 is 20.5 Å². The molecule has 0 aliphatic carbocycles. The Bertz CT molecular complexity index is 734. The molecule has 1 atom stereocenters. The number of hydrogen-bond donors (Lipinski definition) is 2. The van der Waals surface area contributed by atoms with Crippen molar-refractivity contribution in [2.45, 2.75) is 19.3 Å². The third-order valence-corrected chi connectivity index (χ3v) is 4.04. The van der Waals surface area contributed by atoms with Gasteiger partial charge in [-0.15, -0.1) is 0 Å². The van der Waals surface area contributed by atoms with Crippen molar-refractivity contribution in [1.82, 2.24) is 0 Å². The molecule has 6 heteroatoms. The first kappa shape index (κ1) is 17.9. The molecular weight excluding hydrogens is 328 g/mol. The summed E-state index contributed by atoms with van der Waals surface area (Å²) in [6.07, 6.45) is 0.295. The molecule has 1 unspecified atom stereocenters. The van der Waals surface area contributed by atoms with Crippen LogP contribution in [0.15, 0.2) is 36.4 Å². The second-order valence-electron chi connectivity index (χ2n) is 5.50. The number of carbonyl (C=O) groups is 1. The van der Waals surface area contributed by atoms with E-state index in [0.717, 1.165) is 5.56 Å². The Morgan fingerprint density at radius 2 is 1.96 bits per heavy atom. The summed E-state index contributed by atoms with van der Waals surface area (Å²) in [5, 5.41) is 3.22. The number of hydrogen-bond acceptors (Lipinski definition) is 4. The van der Waals surface area contributed by atoms with Crippen LogP contribution in [0.1, 0.15) is 24.8 Å². The molecule has 2 aromatic carbocycles. The van der Waals surface area contributed by atoms with Gasteiger partial charge in [-0.25, -0.2) is 0 Å². The van der Waals surface area contributed by atoms with Gasteiger partial charge in [0.05, 0.1) is 24.9 Å². The van der Waals surface area contributed by atoms with Crippen LogP contribution in [0, 0.1) is 0 Å². The zero-order chi connectivity index (χ0) is 17.7. The standard InChI is InChI=1S/C18H21ClN2O3/c1-11(14-6-5-13(23-2)10-17(14)24-3)8-18(22)21-16-7-4-12(20)9-15(16)19/h4-7,9-11H,8,20H2,1-3H3,(H,21,22). The fourth-order valence-electron chi connectivity index (χ4n) is 2.45. The largest absolute Gasteiger partial charge is 0.497 e. The molecule has 0 saturated carbocycles. The highest BCUT2D eigenvalue weighted by atomic mass is 35.5. The molecule has 0 aliphatic heterocycles. The summed E-state index contributed by atoms with van der Waals surface area (Å²) in [6, 6.07) is 10.5. The van der Waals surface area contributed by atoms with E-state index in [4.69, 9.17) is 26.8 Å². The van der Waals surface area contributed by atoms with Crippen LogP contribution < -0.4 is 20.5 Å². The molecule has 0 radical (unpaired) electrons. The first-order valence-electron chi connectivity index (χ1n) is 7.51. The Kier molecular flexibility index (Phi) is 5.93. The van der Waals surface area contributed by atoms with E-state index < -0.39 is 0 Å². The topological polar surface area (TPSA) is 73.6 Å². The van der Waals surface area contributed by atoms with Crippen molar-refractivity contribution in [3.05, 3.63) is 47.0 Å². The molecule has 0 heterocycles. The predicted octanol–water partition coefficient (Wildman–Crippen LogP) is 4.07. The van der Waals surface area contributed by atoms with E-state index in [9.17, 15) is 4.79 Å². The van der Waals surface area contributed by atoms with Crippen LogP contribution in [-0.4, -0.2) is 20.1 Å². The van der Waals surface area contributed by atoms with Crippen molar-refractivity contribution >= 4 is 28.9 Å². The molecule has 0 aliphatic rings. The molecule has 0 fully saturated rings. The van der Waals surface area contributed by atoms with E-state index in [1.165, 1.54) is 0 Å². The smallest absolute Gasteiger partial charge is 0.225 e. The Morgan fingerprint density at radius 3 is 2.58 bits per heavy atom. The van der Waals surface area contributed by atoms with Crippen molar-refractivity contribution < 1.29 is 14.3 Å². The van der Waals surface area contributed by atoms with Crippen LogP contribution in [0.25, 0.3) is 0 Å². The molecule has 0 bridgehead atoms. The molecule has 1 amide bonds. The van der Waals surface area contributed by atoms with Gasteiger partial charge in [0.1, 0.15) is 11.5 Å². The van der Waals surface area contributed by atoms with Gasteiger partial charge in [0, 0.05) is 18.2 Å². The number of ether oxygens (including phenoxy) is 2. The van der Waals surface area contributed by atoms with Crippen LogP contribution in [0.2, 0.25) is 5.02 Å². The van der Waals surface area contributed by atoms with Gasteiger partial charge in [-0.3, -0.25) is 4.79 Å². The highest BCUT2D eigenvalue weighted by molar-refractivity contribution is 6.34. The highest BCUT2D eigenvalue weighted by Crippen LogP contribution is 2.32. The quantitative estimate of drug-likeness (QED) is 0.772. The number of halogens is 1. The zero-order valence-electron chi connectivity index (χ0n) is 13.9. The van der Waals surface area contributed by atoms with E-state index in [-0.39, 0.29) is 11.8 Å². The Labute approximate surface area is 146 Å². The molecule has 24 heavy (non-hydrogen) atoms. The van der Waals surface area contributed by atoms with Crippen molar-refractivity contribution in [3.63, 3.8) is 0 Å². The van der Waals surface area contributed by atoms with E-state index in [1.807, 2.05) is 19.1 Å². The molecule has 3 N–H and O–H groups in total. The van der Waals surface area contributed by atoms with Crippen molar-refractivity contribution in [3.8, 4) is 11.5 Å². The van der Waals surface area contributed by atoms with E-state index >= 15 is 0 Å². The third kappa shape index (κ3) is 4.32. The number of nitrogen functional groups attached to an aromatic ring is 1. The van der Waals surface area contributed by atoms with Gasteiger partial charge in [0.15, 0.2) is 0 Å². The first-order chi connectivity index (χ1) is 11.4. The molecule has 0 saturated heterocycles. The number of anilines is 2. The summed E-state index contributed by atoms with van der Waals surface area (Å²) >= 11 is 6.08. The van der Waals surface area contributed by atoms with Crippen molar-refractivity contribution in [2.24, 2.45) is 0 Å². The lowest BCUT2D eigenvalue weighted by atomic mass is 9.96. The number of nitrogens with one attached hydrogen (secondary N) is 1. The normalized spacial score (nSPS) is 11.7. The lowest BCUT2D eigenvalue weighted by Crippen LogP contribution is -2.15. The van der Waals surface area contributed by atoms with Gasteiger partial charge in [-0.2, -0.15) is 0 Å². The van der Waals surface area contributed by atoms with E-state index in [1.54, 1.807) is 38.5 Å². The number of rotatable bonds is 6. The Morgan fingerprint density at radius 1 is 1.21 bits per heavy atom. The minimum Gasteiger partial charge on any atom is -0.497 e. The summed E-state index contributed by atoms with van der Waals surface area (Å²) in [4.78, 5) is 12.3. The number of nitrogens with two attached hydrogens (primary N) is 1. The molecular formula is C18H21ClN2O3. The van der Waals surface area contributed by atoms with E-state index in [2.05, 4.69) is 5.32 Å². The average molecular weight is 349 g/mol. The van der Waals surface area contributed by atoms with Crippen LogP contribution >= 0.6 is 11.6 Å². The zero-order valence-corrected chi connectivity index (χ0v) is 14.7. The van der Waals surface area contributed by atoms with Crippen molar-refractivity contribution in [1.29, 1.82) is 0 Å². The number of methoxy groups -OCH3 is 2. The van der Waals surface area contributed by atoms with E-state index in [0.29, 0.717) is 34.3 Å². The summed E-state index contributed by atoms with van der Waals surface area (Å²) in [7, 11) is 3.20. The second kappa shape index (κ2) is 7.93. The highest BCUT2D eigenvalue weighted by Gasteiger charge is 2.17. The Balaban J connectivity index is 2.08. The van der Waals surface area contributed by atoms with Gasteiger partial charge in [-0.1, -0.05) is 24.6 Å². The molecule has 2 rings (SSSR count). The summed E-state index contributed by atoms with van der Waals surface area (Å²) < 4.78 is 10.6. The van der Waals surface area contributed by atoms with Gasteiger partial charge in [-0.05, 0) is 35.7 Å². The average Bonchev–Trinajstić information content (AvgIpc) is 2.56. The SMILES string of the molecule is COc1ccc(C(C)CC(=O)Nc2ccc(N)cc2Cl)c(OC)c1. The fraction of sp³-hybridized carbons (Fsp3) is 0.278. The minimum atomic E-state index is -0.132. The molecule has 2 aromatic rings. The lowest BCUT2D eigenvalue weighted by Gasteiger charge is -2.17. The van der Waals surface area contributed by atoms with Gasteiger partial charge >= 0.3 is 0 Å². The van der Waals surface area contributed by atoms with Crippen LogP contribution in [0.3, 0.4) is 0 Å². The Hall–Kier alpha value is -2.40. The molecule has 0 aromatic heterocycles.